The monoisotopic (exact) mass is 243 g/mol. The topological polar surface area (TPSA) is 37.8 Å². The van der Waals surface area contributed by atoms with Gasteiger partial charge >= 0.3 is 0 Å². The molecule has 2 rings (SSSR count). The molecule has 0 bridgehead atoms. The van der Waals surface area contributed by atoms with E-state index in [2.05, 4.69) is 15.3 Å². The number of nitrogens with one attached hydrogen (secondary N) is 1. The fourth-order valence-electron chi connectivity index (χ4n) is 1.52. The van der Waals surface area contributed by atoms with Gasteiger partial charge in [0.05, 0.1) is 0 Å². The summed E-state index contributed by atoms with van der Waals surface area (Å²) in [5.41, 5.74) is 0. The van der Waals surface area contributed by atoms with Crippen LogP contribution in [0.15, 0.2) is 11.2 Å². The Hall–Kier alpha value is -0.480. The molecule has 0 spiro atoms. The highest BCUT2D eigenvalue weighted by Gasteiger charge is 2.17. The van der Waals surface area contributed by atoms with Crippen LogP contribution in [0.1, 0.15) is 19.3 Å². The molecule has 1 fully saturated rings. The number of nitrogens with zero attached hydrogens (tertiary/aromatic N) is 2. The smallest absolute Gasteiger partial charge is 0.190 e. The second kappa shape index (κ2) is 5.03. The van der Waals surface area contributed by atoms with Gasteiger partial charge in [-0.25, -0.2) is 9.97 Å². The lowest BCUT2D eigenvalue weighted by atomic mass is 9.85. The Morgan fingerprint density at radius 2 is 2.33 bits per heavy atom. The summed E-state index contributed by atoms with van der Waals surface area (Å²) in [7, 11) is 0. The van der Waals surface area contributed by atoms with Gasteiger partial charge in [-0.05, 0) is 25.0 Å². The van der Waals surface area contributed by atoms with Gasteiger partial charge in [-0.15, -0.1) is 0 Å². The van der Waals surface area contributed by atoms with Crippen molar-refractivity contribution in [2.45, 2.75) is 24.4 Å². The summed E-state index contributed by atoms with van der Waals surface area (Å²) in [6, 6.07) is 1.78. The first-order chi connectivity index (χ1) is 7.28. The first-order valence-electron chi connectivity index (χ1n) is 5.10. The van der Waals surface area contributed by atoms with Gasteiger partial charge in [-0.2, -0.15) is 0 Å². The van der Waals surface area contributed by atoms with Crippen LogP contribution in [0.3, 0.4) is 0 Å². The molecule has 0 amide bonds. The lowest BCUT2D eigenvalue weighted by molar-refractivity contribution is 0.333. The van der Waals surface area contributed by atoms with E-state index in [1.807, 2.05) is 6.26 Å². The van der Waals surface area contributed by atoms with Crippen LogP contribution in [-0.4, -0.2) is 22.8 Å². The molecule has 0 saturated heterocycles. The summed E-state index contributed by atoms with van der Waals surface area (Å²) in [5, 5.41) is 4.54. The fourth-order valence-corrected chi connectivity index (χ4v) is 2.14. The number of halogens is 1. The number of hydrogen-bond acceptors (Lipinski definition) is 4. The van der Waals surface area contributed by atoms with E-state index >= 15 is 0 Å². The second-order valence-corrected chi connectivity index (χ2v) is 4.90. The first kappa shape index (κ1) is 11.0. The van der Waals surface area contributed by atoms with E-state index in [0.717, 1.165) is 23.4 Å². The highest BCUT2D eigenvalue weighted by Crippen LogP contribution is 2.26. The van der Waals surface area contributed by atoms with Gasteiger partial charge in [-0.1, -0.05) is 29.8 Å². The van der Waals surface area contributed by atoms with Crippen LogP contribution in [0.5, 0.6) is 0 Å². The lowest BCUT2D eigenvalue weighted by Crippen LogP contribution is -2.21. The number of aromatic nitrogens is 2. The van der Waals surface area contributed by atoms with E-state index < -0.39 is 0 Å². The maximum Gasteiger partial charge on any atom is 0.190 e. The Bertz CT molecular complexity index is 341. The third-order valence-corrected chi connectivity index (χ3v) is 3.39. The largest absolute Gasteiger partial charge is 0.370 e. The molecule has 1 aliphatic carbocycles. The minimum atomic E-state index is 0.505. The lowest BCUT2D eigenvalue weighted by Gasteiger charge is -2.25. The molecule has 0 radical (unpaired) electrons. The highest BCUT2D eigenvalue weighted by atomic mass is 35.5. The van der Waals surface area contributed by atoms with E-state index in [4.69, 9.17) is 11.6 Å². The van der Waals surface area contributed by atoms with Gasteiger partial charge in [0.15, 0.2) is 5.16 Å². The van der Waals surface area contributed by atoms with Gasteiger partial charge in [0, 0.05) is 12.6 Å². The molecule has 0 atom stereocenters. The molecule has 1 aromatic heterocycles. The molecule has 82 valence electrons. The van der Waals surface area contributed by atoms with Crippen molar-refractivity contribution >= 4 is 29.2 Å². The van der Waals surface area contributed by atoms with E-state index in [1.165, 1.54) is 31.0 Å². The maximum atomic E-state index is 5.89. The molecule has 1 aromatic rings. The minimum Gasteiger partial charge on any atom is -0.370 e. The van der Waals surface area contributed by atoms with Crippen molar-refractivity contribution in [1.29, 1.82) is 0 Å². The van der Waals surface area contributed by atoms with E-state index in [-0.39, 0.29) is 0 Å². The zero-order valence-corrected chi connectivity index (χ0v) is 10.2. The molecule has 1 aliphatic rings. The zero-order valence-electron chi connectivity index (χ0n) is 8.66. The summed E-state index contributed by atoms with van der Waals surface area (Å²) in [5.74, 6) is 1.66. The van der Waals surface area contributed by atoms with Crippen LogP contribution >= 0.6 is 23.4 Å². The Labute approximate surface area is 99.0 Å². The molecule has 0 unspecified atom stereocenters. The van der Waals surface area contributed by atoms with E-state index in [0.29, 0.717) is 5.15 Å². The predicted molar refractivity (Wildman–Crippen MR) is 64.7 cm³/mol. The molecule has 1 heterocycles. The van der Waals surface area contributed by atoms with Crippen LogP contribution < -0.4 is 5.32 Å². The Morgan fingerprint density at radius 3 is 2.93 bits per heavy atom. The Morgan fingerprint density at radius 1 is 1.53 bits per heavy atom. The number of hydrogen-bond donors (Lipinski definition) is 1. The predicted octanol–water partition coefficient (Wildman–Crippen LogP) is 3.06. The molecular formula is C10H14ClN3S. The average molecular weight is 244 g/mol. The normalized spacial score (nSPS) is 16.1. The molecule has 0 aromatic carbocycles. The average Bonchev–Trinajstić information content (AvgIpc) is 2.14. The molecule has 3 nitrogen and oxygen atoms in total. The standard InChI is InChI=1S/C10H14ClN3S/c1-15-10-13-8(11)5-9(14-10)12-6-7-3-2-4-7/h5,7H,2-4,6H2,1H3,(H,12,13,14). The zero-order chi connectivity index (χ0) is 10.7. The van der Waals surface area contributed by atoms with Gasteiger partial charge in [0.1, 0.15) is 11.0 Å². The molecule has 1 N–H and O–H groups in total. The summed E-state index contributed by atoms with van der Waals surface area (Å²) in [4.78, 5) is 8.43. The molecular weight excluding hydrogens is 230 g/mol. The Kier molecular flexibility index (Phi) is 3.70. The first-order valence-corrected chi connectivity index (χ1v) is 6.70. The van der Waals surface area contributed by atoms with E-state index in [1.54, 1.807) is 6.07 Å². The highest BCUT2D eigenvalue weighted by molar-refractivity contribution is 7.98. The summed E-state index contributed by atoms with van der Waals surface area (Å²) in [6.07, 6.45) is 5.98. The second-order valence-electron chi connectivity index (χ2n) is 3.74. The molecule has 1 saturated carbocycles. The van der Waals surface area contributed by atoms with Gasteiger partial charge < -0.3 is 5.32 Å². The minimum absolute atomic E-state index is 0.505. The number of thioether (sulfide) groups is 1. The summed E-state index contributed by atoms with van der Waals surface area (Å²) < 4.78 is 0. The van der Waals surface area contributed by atoms with Crippen molar-refractivity contribution in [2.24, 2.45) is 5.92 Å². The van der Waals surface area contributed by atoms with Crippen molar-refractivity contribution in [1.82, 2.24) is 9.97 Å². The molecule has 0 aliphatic heterocycles. The van der Waals surface area contributed by atoms with Crippen LogP contribution in [0.25, 0.3) is 0 Å². The van der Waals surface area contributed by atoms with Crippen molar-refractivity contribution in [3.05, 3.63) is 11.2 Å². The third kappa shape index (κ3) is 2.98. The SMILES string of the molecule is CSc1nc(Cl)cc(NCC2CCC2)n1. The van der Waals surface area contributed by atoms with Crippen molar-refractivity contribution in [3.8, 4) is 0 Å². The van der Waals surface area contributed by atoms with Crippen molar-refractivity contribution in [2.75, 3.05) is 18.1 Å². The molecule has 15 heavy (non-hydrogen) atoms. The summed E-state index contributed by atoms with van der Waals surface area (Å²) >= 11 is 7.39. The number of anilines is 1. The van der Waals surface area contributed by atoms with Crippen LogP contribution in [0.2, 0.25) is 5.15 Å². The van der Waals surface area contributed by atoms with Gasteiger partial charge in [-0.3, -0.25) is 0 Å². The Balaban J connectivity index is 1.96. The van der Waals surface area contributed by atoms with Crippen molar-refractivity contribution in [3.63, 3.8) is 0 Å². The van der Waals surface area contributed by atoms with Crippen LogP contribution in [-0.2, 0) is 0 Å². The van der Waals surface area contributed by atoms with Crippen molar-refractivity contribution < 1.29 is 0 Å². The van der Waals surface area contributed by atoms with Gasteiger partial charge in [0.2, 0.25) is 0 Å². The number of rotatable bonds is 4. The van der Waals surface area contributed by atoms with Crippen LogP contribution in [0.4, 0.5) is 5.82 Å². The fraction of sp³-hybridized carbons (Fsp3) is 0.600. The van der Waals surface area contributed by atoms with Gasteiger partial charge in [0.25, 0.3) is 0 Å². The maximum absolute atomic E-state index is 5.89. The molecule has 5 heteroatoms. The van der Waals surface area contributed by atoms with Crippen LogP contribution in [0, 0.1) is 5.92 Å². The summed E-state index contributed by atoms with van der Waals surface area (Å²) in [6.45, 7) is 1.00. The quantitative estimate of drug-likeness (QED) is 0.501. The third-order valence-electron chi connectivity index (χ3n) is 2.65. The van der Waals surface area contributed by atoms with E-state index in [9.17, 15) is 0 Å².